The Bertz CT molecular complexity index is 334. The van der Waals surface area contributed by atoms with E-state index < -0.39 is 18.4 Å². The van der Waals surface area contributed by atoms with E-state index in [-0.39, 0.29) is 6.10 Å². The number of unbranched alkanes of at least 4 members (excludes halogenated alkanes) is 8. The van der Waals surface area contributed by atoms with Gasteiger partial charge in [0.05, 0.1) is 13.2 Å². The molecular formula is C21H42O5. The van der Waals surface area contributed by atoms with Gasteiger partial charge in [-0.2, -0.15) is 0 Å². The van der Waals surface area contributed by atoms with Gasteiger partial charge in [-0.05, 0) is 33.1 Å². The van der Waals surface area contributed by atoms with E-state index in [1.807, 2.05) is 20.8 Å². The van der Waals surface area contributed by atoms with Gasteiger partial charge in [0.2, 0.25) is 0 Å². The zero-order valence-corrected chi connectivity index (χ0v) is 17.5. The van der Waals surface area contributed by atoms with Gasteiger partial charge in [-0.15, -0.1) is 0 Å². The Hall–Kier alpha value is -0.200. The van der Waals surface area contributed by atoms with Crippen molar-refractivity contribution in [2.45, 2.75) is 123 Å². The zero-order valence-electron chi connectivity index (χ0n) is 17.5. The van der Waals surface area contributed by atoms with Crippen molar-refractivity contribution in [3.05, 3.63) is 0 Å². The lowest BCUT2D eigenvalue weighted by molar-refractivity contribution is -0.240. The molecule has 1 N–H and O–H groups in total. The first kappa shape index (κ1) is 23.8. The second kappa shape index (κ2) is 13.9. The van der Waals surface area contributed by atoms with E-state index in [2.05, 4.69) is 6.92 Å². The van der Waals surface area contributed by atoms with Crippen LogP contribution in [0.3, 0.4) is 0 Å². The van der Waals surface area contributed by atoms with Gasteiger partial charge in [-0.3, -0.25) is 0 Å². The van der Waals surface area contributed by atoms with E-state index in [4.69, 9.17) is 18.9 Å². The molecule has 0 aromatic rings. The molecule has 3 atom stereocenters. The lowest BCUT2D eigenvalue weighted by atomic mass is 10.1. The van der Waals surface area contributed by atoms with E-state index in [9.17, 15) is 5.11 Å². The predicted octanol–water partition coefficient (Wildman–Crippen LogP) is 5.15. The Labute approximate surface area is 160 Å². The van der Waals surface area contributed by atoms with Gasteiger partial charge in [0, 0.05) is 0 Å². The third kappa shape index (κ3) is 11.5. The Morgan fingerprint density at radius 3 is 2.15 bits per heavy atom. The molecule has 1 rings (SSSR count). The lowest BCUT2D eigenvalue weighted by Crippen LogP contribution is -2.29. The fourth-order valence-electron chi connectivity index (χ4n) is 3.19. The Morgan fingerprint density at radius 2 is 1.62 bits per heavy atom. The quantitative estimate of drug-likeness (QED) is 0.299. The van der Waals surface area contributed by atoms with E-state index >= 15 is 0 Å². The first-order chi connectivity index (χ1) is 12.5. The number of rotatable bonds is 16. The average Bonchev–Trinajstić information content (AvgIpc) is 2.96. The van der Waals surface area contributed by atoms with Crippen molar-refractivity contribution in [3.8, 4) is 0 Å². The van der Waals surface area contributed by atoms with Crippen molar-refractivity contribution in [1.82, 2.24) is 0 Å². The van der Waals surface area contributed by atoms with Gasteiger partial charge in [-0.25, -0.2) is 0 Å². The summed E-state index contributed by atoms with van der Waals surface area (Å²) in [7, 11) is 0. The SMILES string of the molecule is CCCCCCCCCCCC(O)OC(CC)OCC1COC(C)(C)O1. The minimum atomic E-state index is -0.748. The van der Waals surface area contributed by atoms with Crippen LogP contribution in [0.4, 0.5) is 0 Å². The molecule has 1 heterocycles. The molecule has 5 nitrogen and oxygen atoms in total. The highest BCUT2D eigenvalue weighted by Gasteiger charge is 2.33. The first-order valence-electron chi connectivity index (χ1n) is 10.7. The summed E-state index contributed by atoms with van der Waals surface area (Å²) in [5.41, 5.74) is 0. The highest BCUT2D eigenvalue weighted by Crippen LogP contribution is 2.23. The molecule has 1 fully saturated rings. The number of ether oxygens (including phenoxy) is 4. The van der Waals surface area contributed by atoms with Crippen molar-refractivity contribution < 1.29 is 24.1 Å². The summed E-state index contributed by atoms with van der Waals surface area (Å²) >= 11 is 0. The molecule has 0 aromatic heterocycles. The number of aliphatic hydroxyl groups excluding tert-OH is 1. The zero-order chi connectivity index (χ0) is 19.3. The molecule has 1 saturated heterocycles. The summed E-state index contributed by atoms with van der Waals surface area (Å²) in [4.78, 5) is 0. The largest absolute Gasteiger partial charge is 0.368 e. The van der Waals surface area contributed by atoms with Gasteiger partial charge in [0.15, 0.2) is 18.4 Å². The van der Waals surface area contributed by atoms with Crippen molar-refractivity contribution in [3.63, 3.8) is 0 Å². The monoisotopic (exact) mass is 374 g/mol. The molecular weight excluding hydrogens is 332 g/mol. The molecule has 5 heteroatoms. The van der Waals surface area contributed by atoms with Crippen molar-refractivity contribution in [2.24, 2.45) is 0 Å². The number of aliphatic hydroxyl groups is 1. The van der Waals surface area contributed by atoms with Gasteiger partial charge >= 0.3 is 0 Å². The summed E-state index contributed by atoms with van der Waals surface area (Å²) in [6.45, 7) is 8.99. The molecule has 26 heavy (non-hydrogen) atoms. The van der Waals surface area contributed by atoms with E-state index in [1.54, 1.807) is 0 Å². The third-order valence-corrected chi connectivity index (χ3v) is 4.73. The fourth-order valence-corrected chi connectivity index (χ4v) is 3.19. The van der Waals surface area contributed by atoms with Crippen molar-refractivity contribution in [1.29, 1.82) is 0 Å². The summed E-state index contributed by atoms with van der Waals surface area (Å²) in [5, 5.41) is 10.1. The molecule has 3 unspecified atom stereocenters. The van der Waals surface area contributed by atoms with Crippen LogP contribution in [0.2, 0.25) is 0 Å². The van der Waals surface area contributed by atoms with E-state index in [0.717, 1.165) is 12.8 Å². The minimum absolute atomic E-state index is 0.0721. The van der Waals surface area contributed by atoms with Crippen molar-refractivity contribution in [2.75, 3.05) is 13.2 Å². The molecule has 156 valence electrons. The maximum Gasteiger partial charge on any atom is 0.163 e. The van der Waals surface area contributed by atoms with Crippen LogP contribution in [0, 0.1) is 0 Å². The maximum absolute atomic E-state index is 10.1. The topological polar surface area (TPSA) is 57.2 Å². The molecule has 0 aliphatic carbocycles. The molecule has 0 bridgehead atoms. The first-order valence-corrected chi connectivity index (χ1v) is 10.7. The Kier molecular flexibility index (Phi) is 12.7. The van der Waals surface area contributed by atoms with Gasteiger partial charge < -0.3 is 24.1 Å². The van der Waals surface area contributed by atoms with Crippen LogP contribution >= 0.6 is 0 Å². The molecule has 0 saturated carbocycles. The van der Waals surface area contributed by atoms with Gasteiger partial charge in [-0.1, -0.05) is 65.2 Å². The van der Waals surface area contributed by atoms with Crippen LogP contribution in [0.1, 0.15) is 98.3 Å². The second-order valence-electron chi connectivity index (χ2n) is 7.83. The highest BCUT2D eigenvalue weighted by atomic mass is 16.8. The van der Waals surface area contributed by atoms with Crippen LogP contribution in [-0.2, 0) is 18.9 Å². The van der Waals surface area contributed by atoms with Gasteiger partial charge in [0.1, 0.15) is 6.10 Å². The normalized spacial score (nSPS) is 21.8. The standard InChI is InChI=1S/C21H42O5/c1-5-7-8-9-10-11-12-13-14-15-19(22)25-20(6-2)23-16-18-17-24-21(3,4)26-18/h18-20,22H,5-17H2,1-4H3. The summed E-state index contributed by atoms with van der Waals surface area (Å²) in [6.07, 6.45) is 11.6. The molecule has 1 aliphatic heterocycles. The number of hydrogen-bond donors (Lipinski definition) is 1. The Morgan fingerprint density at radius 1 is 1.00 bits per heavy atom. The maximum atomic E-state index is 10.1. The van der Waals surface area contributed by atoms with Gasteiger partial charge in [0.25, 0.3) is 0 Å². The molecule has 0 radical (unpaired) electrons. The summed E-state index contributed by atoms with van der Waals surface area (Å²) in [5.74, 6) is -0.536. The smallest absolute Gasteiger partial charge is 0.163 e. The minimum Gasteiger partial charge on any atom is -0.368 e. The average molecular weight is 375 g/mol. The lowest BCUT2D eigenvalue weighted by Gasteiger charge is -2.22. The third-order valence-electron chi connectivity index (χ3n) is 4.73. The van der Waals surface area contributed by atoms with Crippen LogP contribution in [0.15, 0.2) is 0 Å². The summed E-state index contributed by atoms with van der Waals surface area (Å²) in [6, 6.07) is 0. The predicted molar refractivity (Wildman–Crippen MR) is 104 cm³/mol. The number of hydrogen-bond acceptors (Lipinski definition) is 5. The van der Waals surface area contributed by atoms with Crippen molar-refractivity contribution >= 4 is 0 Å². The van der Waals surface area contributed by atoms with Crippen LogP contribution in [0.5, 0.6) is 0 Å². The Balaban J connectivity index is 2.01. The van der Waals surface area contributed by atoms with Crippen LogP contribution in [-0.4, -0.2) is 42.8 Å². The molecule has 0 aromatic carbocycles. The van der Waals surface area contributed by atoms with E-state index in [0.29, 0.717) is 26.1 Å². The van der Waals surface area contributed by atoms with Crippen LogP contribution in [0.25, 0.3) is 0 Å². The molecule has 0 spiro atoms. The second-order valence-corrected chi connectivity index (χ2v) is 7.83. The van der Waals surface area contributed by atoms with E-state index in [1.165, 1.54) is 44.9 Å². The molecule has 0 amide bonds. The highest BCUT2D eigenvalue weighted by molar-refractivity contribution is 4.70. The summed E-state index contributed by atoms with van der Waals surface area (Å²) < 4.78 is 22.6. The van der Waals surface area contributed by atoms with Crippen LogP contribution < -0.4 is 0 Å². The molecule has 1 aliphatic rings. The fraction of sp³-hybridized carbons (Fsp3) is 1.00.